The first kappa shape index (κ1) is 21.7. The first-order chi connectivity index (χ1) is 16.2. The summed E-state index contributed by atoms with van der Waals surface area (Å²) in [6.07, 6.45) is 3.76. The maximum Gasteiger partial charge on any atom is 0.161 e. The highest BCUT2D eigenvalue weighted by molar-refractivity contribution is 5.92. The van der Waals surface area contributed by atoms with Crippen LogP contribution in [-0.4, -0.2) is 31.1 Å². The molecule has 1 aromatic heterocycles. The van der Waals surface area contributed by atoms with Crippen molar-refractivity contribution in [3.63, 3.8) is 0 Å². The molecule has 164 valence electrons. The Kier molecular flexibility index (Phi) is 6.42. The number of nitrogens with zero attached hydrogens (tertiary/aromatic N) is 3. The van der Waals surface area contributed by atoms with Crippen molar-refractivity contribution in [1.82, 2.24) is 9.78 Å². The number of hydrogen-bond acceptors (Lipinski definition) is 5. The third-order valence-corrected chi connectivity index (χ3v) is 5.24. The third-order valence-electron chi connectivity index (χ3n) is 5.24. The third kappa shape index (κ3) is 4.58. The van der Waals surface area contributed by atoms with Crippen LogP contribution in [0.2, 0.25) is 0 Å². The van der Waals surface area contributed by atoms with Crippen LogP contribution in [0.4, 0.5) is 0 Å². The summed E-state index contributed by atoms with van der Waals surface area (Å²) in [4.78, 5) is 0. The van der Waals surface area contributed by atoms with Gasteiger partial charge in [0, 0.05) is 17.3 Å². The monoisotopic (exact) mass is 437 g/mol. The summed E-state index contributed by atoms with van der Waals surface area (Å²) >= 11 is 0. The summed E-state index contributed by atoms with van der Waals surface area (Å²) in [5, 5.41) is 14.8. The van der Waals surface area contributed by atoms with Crippen molar-refractivity contribution in [3.8, 4) is 40.3 Å². The number of methoxy groups -OCH3 is 3. The van der Waals surface area contributed by atoms with E-state index in [-0.39, 0.29) is 0 Å². The van der Waals surface area contributed by atoms with Crippen LogP contribution in [0.5, 0.6) is 17.2 Å². The van der Waals surface area contributed by atoms with Gasteiger partial charge in [-0.05, 0) is 66.2 Å². The van der Waals surface area contributed by atoms with Crippen molar-refractivity contribution in [2.24, 2.45) is 0 Å². The van der Waals surface area contributed by atoms with Gasteiger partial charge in [0.2, 0.25) is 0 Å². The Bertz CT molecular complexity index is 1320. The fraction of sp³-hybridized carbons (Fsp3) is 0.111. The molecule has 0 bridgehead atoms. The number of hydrogen-bond donors (Lipinski definition) is 0. The molecular weight excluding hydrogens is 414 g/mol. The highest BCUT2D eigenvalue weighted by atomic mass is 16.5. The van der Waals surface area contributed by atoms with Crippen LogP contribution in [-0.2, 0) is 0 Å². The average molecular weight is 437 g/mol. The molecule has 0 saturated heterocycles. The van der Waals surface area contributed by atoms with Crippen LogP contribution in [0.3, 0.4) is 0 Å². The zero-order chi connectivity index (χ0) is 23.2. The maximum atomic E-state index is 9.95. The molecule has 0 fully saturated rings. The smallest absolute Gasteiger partial charge is 0.161 e. The first-order valence-corrected chi connectivity index (χ1v) is 10.3. The molecule has 6 nitrogen and oxygen atoms in total. The summed E-state index contributed by atoms with van der Waals surface area (Å²) in [7, 11) is 4.79. The Morgan fingerprint density at radius 3 is 2.24 bits per heavy atom. The molecule has 0 spiro atoms. The minimum Gasteiger partial charge on any atom is -0.497 e. The highest BCUT2D eigenvalue weighted by Crippen LogP contribution is 2.33. The number of aromatic nitrogens is 2. The van der Waals surface area contributed by atoms with Gasteiger partial charge in [0.1, 0.15) is 5.75 Å². The zero-order valence-corrected chi connectivity index (χ0v) is 18.6. The lowest BCUT2D eigenvalue weighted by molar-refractivity contribution is 0.355. The van der Waals surface area contributed by atoms with Crippen LogP contribution >= 0.6 is 0 Å². The zero-order valence-electron chi connectivity index (χ0n) is 18.6. The molecular formula is C27H23N3O3. The van der Waals surface area contributed by atoms with Gasteiger partial charge in [-0.2, -0.15) is 10.4 Å². The second kappa shape index (κ2) is 9.75. The molecule has 0 aliphatic carbocycles. The fourth-order valence-electron chi connectivity index (χ4n) is 3.52. The molecule has 0 aliphatic rings. The standard InChI is InChI=1S/C27H23N3O3/c1-31-24-12-9-19(10-13-24)27-22(18-30(29-27)23-7-5-4-6-8-23)15-21(17-28)20-11-14-25(32-2)26(16-20)33-3/h4-16,18H,1-3H3/b21-15+. The molecule has 0 amide bonds. The van der Waals surface area contributed by atoms with E-state index in [1.165, 1.54) is 0 Å². The second-order valence-corrected chi connectivity index (χ2v) is 7.18. The molecule has 0 radical (unpaired) electrons. The van der Waals surface area contributed by atoms with E-state index in [0.717, 1.165) is 33.8 Å². The molecule has 0 atom stereocenters. The Labute approximate surface area is 192 Å². The van der Waals surface area contributed by atoms with Gasteiger partial charge in [-0.15, -0.1) is 0 Å². The fourth-order valence-corrected chi connectivity index (χ4v) is 3.52. The Morgan fingerprint density at radius 2 is 1.61 bits per heavy atom. The number of allylic oxidation sites excluding steroid dienone is 1. The van der Waals surface area contributed by atoms with Crippen molar-refractivity contribution in [2.45, 2.75) is 0 Å². The van der Waals surface area contributed by atoms with Crippen molar-refractivity contribution >= 4 is 11.6 Å². The van der Waals surface area contributed by atoms with Gasteiger partial charge < -0.3 is 14.2 Å². The van der Waals surface area contributed by atoms with Crippen molar-refractivity contribution in [2.75, 3.05) is 21.3 Å². The molecule has 4 aromatic rings. The molecule has 1 heterocycles. The predicted molar refractivity (Wildman–Crippen MR) is 129 cm³/mol. The molecule has 3 aromatic carbocycles. The topological polar surface area (TPSA) is 69.3 Å². The summed E-state index contributed by atoms with van der Waals surface area (Å²) < 4.78 is 17.8. The van der Waals surface area contributed by atoms with Crippen LogP contribution in [0.1, 0.15) is 11.1 Å². The Balaban J connectivity index is 1.84. The van der Waals surface area contributed by atoms with Crippen LogP contribution in [0, 0.1) is 11.3 Å². The number of nitriles is 1. The van der Waals surface area contributed by atoms with Crippen LogP contribution in [0.15, 0.2) is 79.0 Å². The van der Waals surface area contributed by atoms with E-state index in [4.69, 9.17) is 19.3 Å². The molecule has 0 saturated carbocycles. The minimum absolute atomic E-state index is 0.485. The second-order valence-electron chi connectivity index (χ2n) is 7.18. The summed E-state index contributed by atoms with van der Waals surface area (Å²) in [5.74, 6) is 1.93. The van der Waals surface area contributed by atoms with Gasteiger partial charge in [0.25, 0.3) is 0 Å². The lowest BCUT2D eigenvalue weighted by Crippen LogP contribution is -1.94. The van der Waals surface area contributed by atoms with E-state index >= 15 is 0 Å². The average Bonchev–Trinajstić information content (AvgIpc) is 3.31. The van der Waals surface area contributed by atoms with Gasteiger partial charge in [-0.1, -0.05) is 18.2 Å². The minimum atomic E-state index is 0.485. The van der Waals surface area contributed by atoms with Gasteiger partial charge in [-0.3, -0.25) is 0 Å². The van der Waals surface area contributed by atoms with Crippen LogP contribution in [0.25, 0.3) is 28.6 Å². The lowest BCUT2D eigenvalue weighted by atomic mass is 10.0. The predicted octanol–water partition coefficient (Wildman–Crippen LogP) is 5.63. The van der Waals surface area contributed by atoms with E-state index in [1.807, 2.05) is 77.6 Å². The van der Waals surface area contributed by atoms with E-state index in [2.05, 4.69) is 6.07 Å². The van der Waals surface area contributed by atoms with E-state index in [9.17, 15) is 5.26 Å². The summed E-state index contributed by atoms with van der Waals surface area (Å²) in [6, 6.07) is 25.3. The van der Waals surface area contributed by atoms with Gasteiger partial charge in [-0.25, -0.2) is 4.68 Å². The SMILES string of the molecule is COc1ccc(-c2nn(-c3ccccc3)cc2/C=C(\C#N)c2ccc(OC)c(OC)c2)cc1. The summed E-state index contributed by atoms with van der Waals surface area (Å²) in [5.41, 5.74) is 4.63. The normalized spacial score (nSPS) is 11.0. The molecule has 0 unspecified atom stereocenters. The van der Waals surface area contributed by atoms with E-state index < -0.39 is 0 Å². The van der Waals surface area contributed by atoms with E-state index in [0.29, 0.717) is 17.1 Å². The first-order valence-electron chi connectivity index (χ1n) is 10.3. The lowest BCUT2D eigenvalue weighted by Gasteiger charge is -2.09. The number of rotatable bonds is 7. The maximum absolute atomic E-state index is 9.95. The highest BCUT2D eigenvalue weighted by Gasteiger charge is 2.14. The van der Waals surface area contributed by atoms with Crippen molar-refractivity contribution in [3.05, 3.63) is 90.1 Å². The number of benzene rings is 3. The summed E-state index contributed by atoms with van der Waals surface area (Å²) in [6.45, 7) is 0. The van der Waals surface area contributed by atoms with Gasteiger partial charge in [0.15, 0.2) is 11.5 Å². The number of ether oxygens (including phenoxy) is 3. The quantitative estimate of drug-likeness (QED) is 0.351. The Hall–Kier alpha value is -4.50. The molecule has 0 aliphatic heterocycles. The molecule has 6 heteroatoms. The van der Waals surface area contributed by atoms with Crippen molar-refractivity contribution < 1.29 is 14.2 Å². The van der Waals surface area contributed by atoms with Crippen molar-refractivity contribution in [1.29, 1.82) is 5.26 Å². The van der Waals surface area contributed by atoms with E-state index in [1.54, 1.807) is 33.5 Å². The molecule has 4 rings (SSSR count). The molecule has 0 N–H and O–H groups in total. The Morgan fingerprint density at radius 1 is 0.879 bits per heavy atom. The largest absolute Gasteiger partial charge is 0.497 e. The van der Waals surface area contributed by atoms with Gasteiger partial charge >= 0.3 is 0 Å². The molecule has 33 heavy (non-hydrogen) atoms. The van der Waals surface area contributed by atoms with Gasteiger partial charge in [0.05, 0.1) is 44.4 Å². The van der Waals surface area contributed by atoms with Crippen LogP contribution < -0.4 is 14.2 Å². The number of para-hydroxylation sites is 1.